The molecule has 3 rings (SSSR count). The van der Waals surface area contributed by atoms with Crippen molar-refractivity contribution >= 4 is 11.6 Å². The van der Waals surface area contributed by atoms with Gasteiger partial charge in [-0.1, -0.05) is 42.5 Å². The number of carbonyl (C=O) groups excluding carboxylic acids is 1. The Morgan fingerprint density at radius 1 is 1.07 bits per heavy atom. The fourth-order valence-electron chi connectivity index (χ4n) is 3.13. The molecule has 0 saturated carbocycles. The van der Waals surface area contributed by atoms with Crippen LogP contribution in [-0.2, 0) is 28.9 Å². The van der Waals surface area contributed by atoms with Gasteiger partial charge < -0.3 is 14.6 Å². The van der Waals surface area contributed by atoms with Gasteiger partial charge in [0.05, 0.1) is 19.0 Å². The van der Waals surface area contributed by atoms with E-state index in [-0.39, 0.29) is 12.0 Å². The van der Waals surface area contributed by atoms with Crippen LogP contribution in [0.1, 0.15) is 24.5 Å². The normalized spacial score (nSPS) is 11.9. The van der Waals surface area contributed by atoms with Crippen LogP contribution in [-0.4, -0.2) is 28.2 Å². The zero-order chi connectivity index (χ0) is 19.6. The third kappa shape index (κ3) is 6.67. The van der Waals surface area contributed by atoms with Crippen LogP contribution in [0.3, 0.4) is 0 Å². The lowest BCUT2D eigenvalue weighted by molar-refractivity contribution is -0.114. The second kappa shape index (κ2) is 10.4. The number of anilines is 1. The Bertz CT molecular complexity index is 830. The van der Waals surface area contributed by atoms with Crippen LogP contribution in [0.2, 0.25) is 0 Å². The van der Waals surface area contributed by atoms with E-state index < -0.39 is 0 Å². The topological polar surface area (TPSA) is 56.1 Å². The molecule has 1 amide bonds. The van der Waals surface area contributed by atoms with Crippen LogP contribution in [0.15, 0.2) is 73.3 Å². The van der Waals surface area contributed by atoms with Crippen molar-refractivity contribution in [3.8, 4) is 0 Å². The average molecular weight is 377 g/mol. The van der Waals surface area contributed by atoms with Crippen LogP contribution in [0.4, 0.5) is 5.69 Å². The summed E-state index contributed by atoms with van der Waals surface area (Å²) in [5.74, 6) is -0.0585. The number of hydrogen-bond donors (Lipinski definition) is 1. The van der Waals surface area contributed by atoms with E-state index in [2.05, 4.69) is 39.1 Å². The second-order valence-corrected chi connectivity index (χ2v) is 6.90. The highest BCUT2D eigenvalue weighted by atomic mass is 16.5. The highest BCUT2D eigenvalue weighted by molar-refractivity contribution is 5.88. The average Bonchev–Trinajstić information content (AvgIpc) is 3.21. The van der Waals surface area contributed by atoms with E-state index in [0.717, 1.165) is 31.5 Å². The molecule has 5 heteroatoms. The van der Waals surface area contributed by atoms with E-state index in [1.165, 1.54) is 18.1 Å². The minimum Gasteiger partial charge on any atom is -0.376 e. The van der Waals surface area contributed by atoms with E-state index >= 15 is 0 Å². The molecule has 0 saturated heterocycles. The maximum atomic E-state index is 11.1. The molecule has 0 aliphatic carbocycles. The van der Waals surface area contributed by atoms with Crippen molar-refractivity contribution in [2.24, 2.45) is 0 Å². The Balaban J connectivity index is 1.51. The first kappa shape index (κ1) is 19.8. The molecule has 1 N–H and O–H groups in total. The Labute approximate surface area is 166 Å². The minimum atomic E-state index is -0.0585. The molecule has 146 valence electrons. The molecule has 0 aliphatic heterocycles. The summed E-state index contributed by atoms with van der Waals surface area (Å²) in [7, 11) is 0. The number of carbonyl (C=O) groups is 1. The summed E-state index contributed by atoms with van der Waals surface area (Å²) >= 11 is 0. The predicted molar refractivity (Wildman–Crippen MR) is 111 cm³/mol. The predicted octanol–water partition coefficient (Wildman–Crippen LogP) is 4.10. The number of nitrogens with one attached hydrogen (secondary N) is 1. The molecule has 0 spiro atoms. The molecule has 0 fully saturated rings. The van der Waals surface area contributed by atoms with E-state index in [4.69, 9.17) is 4.74 Å². The lowest BCUT2D eigenvalue weighted by atomic mass is 10.1. The molecule has 0 aliphatic rings. The summed E-state index contributed by atoms with van der Waals surface area (Å²) < 4.78 is 8.28. The van der Waals surface area contributed by atoms with Gasteiger partial charge in [0, 0.05) is 31.5 Å². The van der Waals surface area contributed by atoms with Gasteiger partial charge in [-0.25, -0.2) is 4.98 Å². The van der Waals surface area contributed by atoms with Crippen LogP contribution >= 0.6 is 0 Å². The van der Waals surface area contributed by atoms with Gasteiger partial charge >= 0.3 is 0 Å². The highest BCUT2D eigenvalue weighted by Crippen LogP contribution is 2.13. The first-order valence-electron chi connectivity index (χ1n) is 9.67. The lowest BCUT2D eigenvalue weighted by Crippen LogP contribution is -2.21. The Hall–Kier alpha value is -2.92. The van der Waals surface area contributed by atoms with Crippen molar-refractivity contribution in [2.75, 3.05) is 11.9 Å². The van der Waals surface area contributed by atoms with Gasteiger partial charge in [0.1, 0.15) is 0 Å². The smallest absolute Gasteiger partial charge is 0.221 e. The van der Waals surface area contributed by atoms with Crippen molar-refractivity contribution in [3.63, 3.8) is 0 Å². The van der Waals surface area contributed by atoms with Gasteiger partial charge in [0.25, 0.3) is 0 Å². The number of ether oxygens (including phenoxy) is 1. The second-order valence-electron chi connectivity index (χ2n) is 6.90. The Kier molecular flexibility index (Phi) is 7.38. The number of rotatable bonds is 10. The first-order chi connectivity index (χ1) is 13.7. The van der Waals surface area contributed by atoms with E-state index in [1.807, 2.05) is 42.9 Å². The van der Waals surface area contributed by atoms with Crippen LogP contribution < -0.4 is 5.32 Å². The van der Waals surface area contributed by atoms with Gasteiger partial charge in [0.15, 0.2) is 0 Å². The summed E-state index contributed by atoms with van der Waals surface area (Å²) in [6.07, 6.45) is 8.53. The van der Waals surface area contributed by atoms with Crippen LogP contribution in [0.5, 0.6) is 0 Å². The molecule has 28 heavy (non-hydrogen) atoms. The van der Waals surface area contributed by atoms with Gasteiger partial charge in [-0.2, -0.15) is 0 Å². The molecule has 0 bridgehead atoms. The van der Waals surface area contributed by atoms with E-state index in [1.54, 1.807) is 6.20 Å². The number of imidazole rings is 1. The largest absolute Gasteiger partial charge is 0.376 e. The van der Waals surface area contributed by atoms with Crippen molar-refractivity contribution in [3.05, 3.63) is 84.4 Å². The number of nitrogens with zero attached hydrogens (tertiary/aromatic N) is 2. The Morgan fingerprint density at radius 2 is 1.82 bits per heavy atom. The van der Waals surface area contributed by atoms with Gasteiger partial charge in [-0.05, 0) is 42.5 Å². The molecule has 1 aromatic heterocycles. The molecular weight excluding hydrogens is 350 g/mol. The third-order valence-electron chi connectivity index (χ3n) is 4.59. The number of aromatic nitrogens is 2. The summed E-state index contributed by atoms with van der Waals surface area (Å²) in [4.78, 5) is 15.2. The summed E-state index contributed by atoms with van der Waals surface area (Å²) in [5, 5.41) is 2.78. The van der Waals surface area contributed by atoms with E-state index in [9.17, 15) is 4.79 Å². The monoisotopic (exact) mass is 377 g/mol. The standard InChI is InChI=1S/C23H27N3O2/c1-19(27)25-22-10-7-21(8-11-22)13-16-28-23(17-26-15-14-24-18-26)12-9-20-5-3-2-4-6-20/h2-8,10-11,14-15,18,23H,9,12-13,16-17H2,1H3,(H,25,27). The molecule has 3 aromatic rings. The van der Waals surface area contributed by atoms with Gasteiger partial charge in [0.2, 0.25) is 5.91 Å². The van der Waals surface area contributed by atoms with Crippen molar-refractivity contribution < 1.29 is 9.53 Å². The van der Waals surface area contributed by atoms with Crippen molar-refractivity contribution in [1.29, 1.82) is 0 Å². The lowest BCUT2D eigenvalue weighted by Gasteiger charge is -2.19. The summed E-state index contributed by atoms with van der Waals surface area (Å²) in [6.45, 7) is 2.97. The van der Waals surface area contributed by atoms with Crippen molar-refractivity contribution in [2.45, 2.75) is 38.8 Å². The third-order valence-corrected chi connectivity index (χ3v) is 4.59. The van der Waals surface area contributed by atoms with Crippen LogP contribution in [0, 0.1) is 0 Å². The maximum absolute atomic E-state index is 11.1. The van der Waals surface area contributed by atoms with E-state index in [0.29, 0.717) is 6.61 Å². The zero-order valence-corrected chi connectivity index (χ0v) is 16.3. The number of benzene rings is 2. The molecular formula is C23H27N3O2. The Morgan fingerprint density at radius 3 is 2.50 bits per heavy atom. The molecule has 1 unspecified atom stereocenters. The number of amides is 1. The number of aryl methyl sites for hydroxylation is 1. The summed E-state index contributed by atoms with van der Waals surface area (Å²) in [6, 6.07) is 18.4. The maximum Gasteiger partial charge on any atom is 0.221 e. The zero-order valence-electron chi connectivity index (χ0n) is 16.3. The SMILES string of the molecule is CC(=O)Nc1ccc(CCOC(CCc2ccccc2)Cn2ccnc2)cc1. The fraction of sp³-hybridized carbons (Fsp3) is 0.304. The van der Waals surface area contributed by atoms with Crippen molar-refractivity contribution in [1.82, 2.24) is 9.55 Å². The van der Waals surface area contributed by atoms with Gasteiger partial charge in [-0.15, -0.1) is 0 Å². The minimum absolute atomic E-state index is 0.0585. The first-order valence-corrected chi connectivity index (χ1v) is 9.67. The molecule has 1 atom stereocenters. The van der Waals surface area contributed by atoms with Crippen LogP contribution in [0.25, 0.3) is 0 Å². The van der Waals surface area contributed by atoms with Gasteiger partial charge in [-0.3, -0.25) is 4.79 Å². The highest BCUT2D eigenvalue weighted by Gasteiger charge is 2.11. The summed E-state index contributed by atoms with van der Waals surface area (Å²) in [5.41, 5.74) is 3.34. The number of hydrogen-bond acceptors (Lipinski definition) is 3. The molecule has 0 radical (unpaired) electrons. The molecule has 2 aromatic carbocycles. The molecule has 5 nitrogen and oxygen atoms in total. The quantitative estimate of drug-likeness (QED) is 0.579. The molecule has 1 heterocycles. The fourth-order valence-corrected chi connectivity index (χ4v) is 3.13.